The smallest absolute Gasteiger partial charge is 0.150 e. The highest BCUT2D eigenvalue weighted by Gasteiger charge is 2.02. The zero-order chi connectivity index (χ0) is 12.1. The SMILES string of the molecule is CCCn1cccc1CNCc1cc(C)no1. The van der Waals surface area contributed by atoms with Gasteiger partial charge in [-0.1, -0.05) is 12.1 Å². The average molecular weight is 233 g/mol. The van der Waals surface area contributed by atoms with E-state index in [9.17, 15) is 0 Å². The highest BCUT2D eigenvalue weighted by Crippen LogP contribution is 2.05. The van der Waals surface area contributed by atoms with Gasteiger partial charge in [-0.15, -0.1) is 0 Å². The van der Waals surface area contributed by atoms with Crippen LogP contribution in [0.3, 0.4) is 0 Å². The van der Waals surface area contributed by atoms with E-state index in [0.717, 1.165) is 37.5 Å². The summed E-state index contributed by atoms with van der Waals surface area (Å²) in [4.78, 5) is 0. The summed E-state index contributed by atoms with van der Waals surface area (Å²) in [5.41, 5.74) is 2.24. The molecule has 0 amide bonds. The fraction of sp³-hybridized carbons (Fsp3) is 0.462. The summed E-state index contributed by atoms with van der Waals surface area (Å²) in [5.74, 6) is 0.885. The van der Waals surface area contributed by atoms with Crippen LogP contribution in [0.1, 0.15) is 30.5 Å². The van der Waals surface area contributed by atoms with Crippen molar-refractivity contribution in [3.05, 3.63) is 41.5 Å². The molecule has 2 rings (SSSR count). The summed E-state index contributed by atoms with van der Waals surface area (Å²) in [6, 6.07) is 6.19. The maximum atomic E-state index is 5.14. The average Bonchev–Trinajstić information content (AvgIpc) is 2.90. The molecule has 0 aliphatic heterocycles. The standard InChI is InChI=1S/C13H19N3O/c1-3-6-16-7-4-5-12(16)9-14-10-13-8-11(2)15-17-13/h4-5,7-8,14H,3,6,9-10H2,1-2H3. The third kappa shape index (κ3) is 3.20. The van der Waals surface area contributed by atoms with Gasteiger partial charge >= 0.3 is 0 Å². The normalized spacial score (nSPS) is 10.9. The maximum Gasteiger partial charge on any atom is 0.150 e. The van der Waals surface area contributed by atoms with Crippen LogP contribution in [0.25, 0.3) is 0 Å². The summed E-state index contributed by atoms with van der Waals surface area (Å²) in [6.45, 7) is 6.77. The molecule has 4 nitrogen and oxygen atoms in total. The fourth-order valence-corrected chi connectivity index (χ4v) is 1.88. The van der Waals surface area contributed by atoms with Crippen molar-refractivity contribution in [2.45, 2.75) is 39.9 Å². The van der Waals surface area contributed by atoms with Gasteiger partial charge in [0, 0.05) is 31.0 Å². The molecule has 2 aromatic rings. The van der Waals surface area contributed by atoms with Gasteiger partial charge < -0.3 is 14.4 Å². The molecule has 17 heavy (non-hydrogen) atoms. The number of hydrogen-bond donors (Lipinski definition) is 1. The Hall–Kier alpha value is -1.55. The van der Waals surface area contributed by atoms with Gasteiger partial charge in [-0.05, 0) is 25.5 Å². The van der Waals surface area contributed by atoms with E-state index < -0.39 is 0 Å². The topological polar surface area (TPSA) is 43.0 Å². The zero-order valence-electron chi connectivity index (χ0n) is 10.4. The molecular formula is C13H19N3O. The molecule has 0 aromatic carbocycles. The lowest BCUT2D eigenvalue weighted by Crippen LogP contribution is -2.15. The van der Waals surface area contributed by atoms with Crippen LogP contribution in [-0.2, 0) is 19.6 Å². The Morgan fingerprint density at radius 2 is 2.29 bits per heavy atom. The van der Waals surface area contributed by atoms with Crippen LogP contribution < -0.4 is 5.32 Å². The van der Waals surface area contributed by atoms with Gasteiger partial charge in [-0.25, -0.2) is 0 Å². The van der Waals surface area contributed by atoms with Crippen LogP contribution in [0.2, 0.25) is 0 Å². The van der Waals surface area contributed by atoms with Gasteiger partial charge in [0.05, 0.1) is 12.2 Å². The van der Waals surface area contributed by atoms with Gasteiger partial charge in [0.1, 0.15) is 0 Å². The van der Waals surface area contributed by atoms with Crippen molar-refractivity contribution < 1.29 is 4.52 Å². The first kappa shape index (κ1) is 11.9. The summed E-state index contributed by atoms with van der Waals surface area (Å²) in [6.07, 6.45) is 3.28. The molecule has 0 unspecified atom stereocenters. The Kier molecular flexibility index (Phi) is 3.98. The number of nitrogens with zero attached hydrogens (tertiary/aromatic N) is 2. The van der Waals surface area contributed by atoms with Crippen LogP contribution in [-0.4, -0.2) is 9.72 Å². The van der Waals surface area contributed by atoms with E-state index in [1.807, 2.05) is 13.0 Å². The monoisotopic (exact) mass is 233 g/mol. The van der Waals surface area contributed by atoms with Gasteiger partial charge in [-0.2, -0.15) is 0 Å². The molecule has 2 heterocycles. The molecule has 1 N–H and O–H groups in total. The molecule has 92 valence electrons. The molecule has 0 atom stereocenters. The number of aryl methyl sites for hydroxylation is 2. The summed E-state index contributed by atoms with van der Waals surface area (Å²) in [7, 11) is 0. The predicted molar refractivity (Wildman–Crippen MR) is 66.5 cm³/mol. The Balaban J connectivity index is 1.83. The molecule has 4 heteroatoms. The van der Waals surface area contributed by atoms with Gasteiger partial charge in [0.2, 0.25) is 0 Å². The van der Waals surface area contributed by atoms with Crippen LogP contribution in [0.15, 0.2) is 28.9 Å². The lowest BCUT2D eigenvalue weighted by molar-refractivity contribution is 0.368. The van der Waals surface area contributed by atoms with Crippen molar-refractivity contribution in [1.82, 2.24) is 15.0 Å². The third-order valence-electron chi connectivity index (χ3n) is 2.67. The first-order valence-electron chi connectivity index (χ1n) is 6.06. The van der Waals surface area contributed by atoms with Crippen LogP contribution in [0, 0.1) is 6.92 Å². The van der Waals surface area contributed by atoms with E-state index in [-0.39, 0.29) is 0 Å². The fourth-order valence-electron chi connectivity index (χ4n) is 1.88. The second kappa shape index (κ2) is 5.68. The molecule has 0 radical (unpaired) electrons. The van der Waals surface area contributed by atoms with Gasteiger partial charge in [-0.3, -0.25) is 0 Å². The Morgan fingerprint density at radius 3 is 3.00 bits per heavy atom. The Morgan fingerprint density at radius 1 is 1.41 bits per heavy atom. The summed E-state index contributed by atoms with van der Waals surface area (Å²) < 4.78 is 7.42. The molecule has 2 aromatic heterocycles. The number of nitrogens with one attached hydrogen (secondary N) is 1. The van der Waals surface area contributed by atoms with Gasteiger partial charge in [0.15, 0.2) is 5.76 Å². The number of hydrogen-bond acceptors (Lipinski definition) is 3. The van der Waals surface area contributed by atoms with Crippen molar-refractivity contribution in [2.75, 3.05) is 0 Å². The van der Waals surface area contributed by atoms with E-state index in [0.29, 0.717) is 0 Å². The summed E-state index contributed by atoms with van der Waals surface area (Å²) in [5, 5.41) is 7.22. The molecule has 0 saturated carbocycles. The lowest BCUT2D eigenvalue weighted by Gasteiger charge is -2.08. The molecule has 0 bridgehead atoms. The number of rotatable bonds is 6. The largest absolute Gasteiger partial charge is 0.360 e. The first-order chi connectivity index (χ1) is 8.29. The summed E-state index contributed by atoms with van der Waals surface area (Å²) >= 11 is 0. The van der Waals surface area contributed by atoms with E-state index in [1.54, 1.807) is 0 Å². The Labute approximate surface area is 102 Å². The van der Waals surface area contributed by atoms with Crippen LogP contribution in [0.4, 0.5) is 0 Å². The molecular weight excluding hydrogens is 214 g/mol. The Bertz CT molecular complexity index is 459. The number of aromatic nitrogens is 2. The van der Waals surface area contributed by atoms with Crippen molar-refractivity contribution in [2.24, 2.45) is 0 Å². The van der Waals surface area contributed by atoms with Crippen molar-refractivity contribution in [3.8, 4) is 0 Å². The highest BCUT2D eigenvalue weighted by molar-refractivity contribution is 5.07. The predicted octanol–water partition coefficient (Wildman–Crippen LogP) is 2.48. The van der Waals surface area contributed by atoms with Crippen molar-refractivity contribution in [3.63, 3.8) is 0 Å². The second-order valence-corrected chi connectivity index (χ2v) is 4.23. The third-order valence-corrected chi connectivity index (χ3v) is 2.67. The van der Waals surface area contributed by atoms with Gasteiger partial charge in [0.25, 0.3) is 0 Å². The molecule has 0 aliphatic carbocycles. The quantitative estimate of drug-likeness (QED) is 0.833. The highest BCUT2D eigenvalue weighted by atomic mass is 16.5. The van der Waals surface area contributed by atoms with E-state index in [4.69, 9.17) is 4.52 Å². The van der Waals surface area contributed by atoms with Crippen LogP contribution >= 0.6 is 0 Å². The van der Waals surface area contributed by atoms with Crippen molar-refractivity contribution in [1.29, 1.82) is 0 Å². The minimum atomic E-state index is 0.720. The second-order valence-electron chi connectivity index (χ2n) is 4.23. The van der Waals surface area contributed by atoms with E-state index in [2.05, 4.69) is 40.3 Å². The minimum Gasteiger partial charge on any atom is -0.360 e. The van der Waals surface area contributed by atoms with E-state index in [1.165, 1.54) is 5.69 Å². The van der Waals surface area contributed by atoms with Crippen LogP contribution in [0.5, 0.6) is 0 Å². The molecule has 0 spiro atoms. The zero-order valence-corrected chi connectivity index (χ0v) is 10.4. The minimum absolute atomic E-state index is 0.720. The molecule has 0 fully saturated rings. The lowest BCUT2D eigenvalue weighted by atomic mass is 10.3. The molecule has 0 saturated heterocycles. The molecule has 0 aliphatic rings. The van der Waals surface area contributed by atoms with E-state index >= 15 is 0 Å². The maximum absolute atomic E-state index is 5.14. The first-order valence-corrected chi connectivity index (χ1v) is 6.06. The van der Waals surface area contributed by atoms with Crippen molar-refractivity contribution >= 4 is 0 Å².